The lowest BCUT2D eigenvalue weighted by Crippen LogP contribution is -2.03. The molecule has 0 N–H and O–H groups in total. The van der Waals surface area contributed by atoms with Gasteiger partial charge in [-0.3, -0.25) is 0 Å². The molecule has 2 aromatic rings. The highest BCUT2D eigenvalue weighted by molar-refractivity contribution is 7.99. The van der Waals surface area contributed by atoms with Crippen LogP contribution in [0.25, 0.3) is 0 Å². The third kappa shape index (κ3) is 3.49. The summed E-state index contributed by atoms with van der Waals surface area (Å²) in [6.45, 7) is 8.73. The molecule has 0 aliphatic rings. The van der Waals surface area contributed by atoms with E-state index in [1.165, 1.54) is 27.8 Å². The van der Waals surface area contributed by atoms with Gasteiger partial charge < -0.3 is 0 Å². The minimum absolute atomic E-state index is 0.336. The van der Waals surface area contributed by atoms with Crippen LogP contribution in [0.2, 0.25) is 0 Å². The molecule has 1 unspecified atom stereocenters. The molecule has 0 spiro atoms. The average molecular weight is 295 g/mol. The number of hydrogen-bond acceptors (Lipinski definition) is 2. The highest BCUT2D eigenvalue weighted by Crippen LogP contribution is 2.39. The van der Waals surface area contributed by atoms with Crippen molar-refractivity contribution in [3.63, 3.8) is 0 Å². The zero-order chi connectivity index (χ0) is 15.4. The van der Waals surface area contributed by atoms with Crippen LogP contribution < -0.4 is 0 Å². The van der Waals surface area contributed by atoms with Gasteiger partial charge in [0.05, 0.1) is 16.9 Å². The van der Waals surface area contributed by atoms with Crippen LogP contribution in [0.3, 0.4) is 0 Å². The van der Waals surface area contributed by atoms with Gasteiger partial charge in [0, 0.05) is 0 Å². The molecule has 108 valence electrons. The van der Waals surface area contributed by atoms with Crippen LogP contribution in [0.4, 0.5) is 0 Å². The van der Waals surface area contributed by atoms with Crippen LogP contribution in [0.5, 0.6) is 0 Å². The van der Waals surface area contributed by atoms with Crippen molar-refractivity contribution >= 4 is 11.8 Å². The van der Waals surface area contributed by atoms with E-state index >= 15 is 0 Å². The minimum Gasteiger partial charge on any atom is -0.192 e. The van der Waals surface area contributed by atoms with E-state index in [1.807, 2.05) is 23.9 Å². The molecule has 1 atom stereocenters. The number of nitrogens with zero attached hydrogens (tertiary/aromatic N) is 1. The van der Waals surface area contributed by atoms with Gasteiger partial charge >= 0.3 is 0 Å². The maximum atomic E-state index is 8.95. The molecule has 21 heavy (non-hydrogen) atoms. The van der Waals surface area contributed by atoms with Crippen LogP contribution >= 0.6 is 11.8 Å². The summed E-state index contributed by atoms with van der Waals surface area (Å²) in [5.74, 6) is 1.07. The van der Waals surface area contributed by atoms with Crippen molar-refractivity contribution in [1.29, 1.82) is 5.26 Å². The molecule has 2 rings (SSSR count). The summed E-state index contributed by atoms with van der Waals surface area (Å²) in [6.07, 6.45) is 0. The average Bonchev–Trinajstić information content (AvgIpc) is 2.45. The first-order valence-electron chi connectivity index (χ1n) is 7.26. The van der Waals surface area contributed by atoms with Crippen LogP contribution in [-0.4, -0.2) is 5.75 Å². The van der Waals surface area contributed by atoms with Gasteiger partial charge in [0.25, 0.3) is 0 Å². The van der Waals surface area contributed by atoms with Crippen molar-refractivity contribution in [2.45, 2.75) is 32.9 Å². The highest BCUT2D eigenvalue weighted by Gasteiger charge is 2.18. The lowest BCUT2D eigenvalue weighted by molar-refractivity contribution is 1.08. The Kier molecular flexibility index (Phi) is 5.09. The molecular formula is C19H21NS. The molecule has 0 amide bonds. The van der Waals surface area contributed by atoms with Crippen molar-refractivity contribution in [2.24, 2.45) is 0 Å². The van der Waals surface area contributed by atoms with Crippen LogP contribution in [0.15, 0.2) is 36.4 Å². The summed E-state index contributed by atoms with van der Waals surface area (Å²) >= 11 is 1.95. The largest absolute Gasteiger partial charge is 0.192 e. The predicted molar refractivity (Wildman–Crippen MR) is 91.8 cm³/mol. The standard InChI is InChI=1S/C19H21NS/c1-5-21-19(17-8-6-16(12-20)7-9-17)18-14(3)10-13(2)11-15(18)4/h6-11,19H,5H2,1-4H3. The fourth-order valence-corrected chi connectivity index (χ4v) is 4.07. The van der Waals surface area contributed by atoms with Gasteiger partial charge in [0.2, 0.25) is 0 Å². The van der Waals surface area contributed by atoms with Gasteiger partial charge in [-0.15, -0.1) is 11.8 Å². The number of thioether (sulfide) groups is 1. The Hall–Kier alpha value is -1.72. The van der Waals surface area contributed by atoms with Crippen LogP contribution in [-0.2, 0) is 0 Å². The Morgan fingerprint density at radius 2 is 1.62 bits per heavy atom. The summed E-state index contributed by atoms with van der Waals surface area (Å²) in [4.78, 5) is 0. The highest BCUT2D eigenvalue weighted by atomic mass is 32.2. The lowest BCUT2D eigenvalue weighted by Gasteiger charge is -2.22. The number of rotatable bonds is 4. The normalized spacial score (nSPS) is 12.0. The molecule has 0 aliphatic carbocycles. The van der Waals surface area contributed by atoms with E-state index in [-0.39, 0.29) is 0 Å². The van der Waals surface area contributed by atoms with E-state index in [2.05, 4.69) is 58.0 Å². The number of benzene rings is 2. The molecule has 0 heterocycles. The Balaban J connectivity index is 2.50. The smallest absolute Gasteiger partial charge is 0.0991 e. The number of nitriles is 1. The zero-order valence-electron chi connectivity index (χ0n) is 13.1. The minimum atomic E-state index is 0.336. The quantitative estimate of drug-likeness (QED) is 0.761. The molecule has 0 saturated heterocycles. The molecule has 0 saturated carbocycles. The molecule has 0 aliphatic heterocycles. The Labute approximate surface area is 132 Å². The molecule has 0 aromatic heterocycles. The molecule has 0 bridgehead atoms. The van der Waals surface area contributed by atoms with Crippen LogP contribution in [0.1, 0.15) is 45.6 Å². The molecule has 2 aromatic carbocycles. The fourth-order valence-electron chi connectivity index (χ4n) is 2.85. The second-order valence-corrected chi connectivity index (χ2v) is 6.76. The van der Waals surface area contributed by atoms with E-state index in [1.54, 1.807) is 0 Å². The molecule has 0 radical (unpaired) electrons. The molecule has 0 fully saturated rings. The first kappa shape index (κ1) is 15.7. The van der Waals surface area contributed by atoms with Gasteiger partial charge in [0.15, 0.2) is 0 Å². The van der Waals surface area contributed by atoms with Crippen LogP contribution in [0, 0.1) is 32.1 Å². The lowest BCUT2D eigenvalue weighted by atomic mass is 9.93. The SMILES string of the molecule is CCSC(c1ccc(C#N)cc1)c1c(C)cc(C)cc1C. The van der Waals surface area contributed by atoms with Crippen molar-refractivity contribution in [2.75, 3.05) is 5.75 Å². The Morgan fingerprint density at radius 1 is 1.05 bits per heavy atom. The Bertz CT molecular complexity index is 642. The van der Waals surface area contributed by atoms with Crippen molar-refractivity contribution in [3.8, 4) is 6.07 Å². The molecule has 2 heteroatoms. The summed E-state index contributed by atoms with van der Waals surface area (Å²) < 4.78 is 0. The maximum Gasteiger partial charge on any atom is 0.0991 e. The monoisotopic (exact) mass is 295 g/mol. The van der Waals surface area contributed by atoms with Gasteiger partial charge in [-0.2, -0.15) is 5.26 Å². The van der Waals surface area contributed by atoms with Gasteiger partial charge in [0.1, 0.15) is 0 Å². The van der Waals surface area contributed by atoms with E-state index in [4.69, 9.17) is 5.26 Å². The van der Waals surface area contributed by atoms with E-state index in [9.17, 15) is 0 Å². The third-order valence-electron chi connectivity index (χ3n) is 3.68. The number of aryl methyl sites for hydroxylation is 3. The first-order valence-corrected chi connectivity index (χ1v) is 8.31. The Morgan fingerprint density at radius 3 is 2.10 bits per heavy atom. The predicted octanol–water partition coefficient (Wildman–Crippen LogP) is 5.33. The summed E-state index contributed by atoms with van der Waals surface area (Å²) in [5, 5.41) is 9.29. The van der Waals surface area contributed by atoms with Gasteiger partial charge in [-0.1, -0.05) is 36.8 Å². The summed E-state index contributed by atoms with van der Waals surface area (Å²) in [6, 6.07) is 14.7. The van der Waals surface area contributed by atoms with Crippen molar-refractivity contribution in [1.82, 2.24) is 0 Å². The molecule has 1 nitrogen and oxygen atoms in total. The second kappa shape index (κ2) is 6.83. The summed E-state index contributed by atoms with van der Waals surface area (Å²) in [7, 11) is 0. The molecular weight excluding hydrogens is 274 g/mol. The van der Waals surface area contributed by atoms with Crippen molar-refractivity contribution in [3.05, 3.63) is 69.8 Å². The third-order valence-corrected chi connectivity index (χ3v) is 4.85. The van der Waals surface area contributed by atoms with Crippen molar-refractivity contribution < 1.29 is 0 Å². The fraction of sp³-hybridized carbons (Fsp3) is 0.316. The summed E-state index contributed by atoms with van der Waals surface area (Å²) in [5.41, 5.74) is 7.42. The number of hydrogen-bond donors (Lipinski definition) is 0. The topological polar surface area (TPSA) is 23.8 Å². The first-order chi connectivity index (χ1) is 10.1. The van der Waals surface area contributed by atoms with Gasteiger partial charge in [-0.25, -0.2) is 0 Å². The zero-order valence-corrected chi connectivity index (χ0v) is 13.9. The van der Waals surface area contributed by atoms with E-state index in [0.717, 1.165) is 11.3 Å². The van der Waals surface area contributed by atoms with E-state index in [0.29, 0.717) is 5.25 Å². The van der Waals surface area contributed by atoms with Gasteiger partial charge in [-0.05, 0) is 60.9 Å². The second-order valence-electron chi connectivity index (χ2n) is 5.38. The van der Waals surface area contributed by atoms with E-state index < -0.39 is 0 Å². The maximum absolute atomic E-state index is 8.95.